The van der Waals surface area contributed by atoms with Gasteiger partial charge in [-0.15, -0.1) is 0 Å². The molecule has 1 aliphatic heterocycles. The molecule has 1 aromatic heterocycles. The maximum Gasteiger partial charge on any atom is 0.252 e. The molecule has 0 bridgehead atoms. The molecule has 0 spiro atoms. The molecule has 1 fully saturated rings. The zero-order chi connectivity index (χ0) is 23.6. The van der Waals surface area contributed by atoms with Crippen molar-refractivity contribution in [1.82, 2.24) is 20.2 Å². The third-order valence-corrected chi connectivity index (χ3v) is 5.90. The molecule has 1 atom stereocenters. The average molecular weight is 467 g/mol. The normalized spacial score (nSPS) is 16.0. The first-order chi connectivity index (χ1) is 15.7. The largest absolute Gasteiger partial charge is 0.338 e. The van der Waals surface area contributed by atoms with Crippen molar-refractivity contribution in [3.05, 3.63) is 82.9 Å². The first-order valence-electron chi connectivity index (χ1n) is 10.7. The summed E-state index contributed by atoms with van der Waals surface area (Å²) in [4.78, 5) is 36.9. The zero-order valence-electron chi connectivity index (χ0n) is 18.4. The number of likely N-dealkylation sites (tertiary alicyclic amines) is 1. The van der Waals surface area contributed by atoms with E-state index in [1.807, 2.05) is 18.2 Å². The smallest absolute Gasteiger partial charge is 0.252 e. The van der Waals surface area contributed by atoms with E-state index in [9.17, 15) is 14.0 Å². The Bertz CT molecular complexity index is 1200. The molecule has 8 heteroatoms. The summed E-state index contributed by atoms with van der Waals surface area (Å²) in [5.74, 6) is -0.704. The number of nitrogens with one attached hydrogen (secondary N) is 1. The molecule has 0 saturated carbocycles. The van der Waals surface area contributed by atoms with E-state index in [4.69, 9.17) is 16.6 Å². The first-order valence-corrected chi connectivity index (χ1v) is 11.1. The molecule has 0 aliphatic carbocycles. The van der Waals surface area contributed by atoms with Gasteiger partial charge in [0.2, 0.25) is 5.91 Å². The van der Waals surface area contributed by atoms with Crippen LogP contribution < -0.4 is 5.32 Å². The highest BCUT2D eigenvalue weighted by molar-refractivity contribution is 6.30. The minimum atomic E-state index is -1.19. The number of carbonyl (C=O) groups is 2. The second kappa shape index (κ2) is 9.27. The Labute approximate surface area is 196 Å². The second-order valence-electron chi connectivity index (χ2n) is 8.56. The van der Waals surface area contributed by atoms with Crippen molar-refractivity contribution < 1.29 is 14.0 Å². The fraction of sp³-hybridized carbons (Fsp3) is 0.280. The molecule has 1 unspecified atom stereocenters. The predicted octanol–water partition coefficient (Wildman–Crippen LogP) is 4.81. The summed E-state index contributed by atoms with van der Waals surface area (Å²) in [6.45, 7) is 3.86. The van der Waals surface area contributed by atoms with Crippen LogP contribution in [0.15, 0.2) is 60.8 Å². The average Bonchev–Trinajstić information content (AvgIpc) is 3.28. The molecule has 1 N–H and O–H groups in total. The van der Waals surface area contributed by atoms with Crippen LogP contribution in [-0.4, -0.2) is 38.8 Å². The van der Waals surface area contributed by atoms with E-state index in [-0.39, 0.29) is 17.5 Å². The molecule has 170 valence electrons. The monoisotopic (exact) mass is 466 g/mol. The van der Waals surface area contributed by atoms with Gasteiger partial charge < -0.3 is 10.2 Å². The Morgan fingerprint density at radius 2 is 1.94 bits per heavy atom. The Morgan fingerprint density at radius 1 is 1.15 bits per heavy atom. The SMILES string of the molecule is CC(C)(NC(=O)c1cccc(F)c1)C(=O)N1CCCC1c1ccnc(-c2cccc(Cl)c2)n1. The summed E-state index contributed by atoms with van der Waals surface area (Å²) >= 11 is 6.11. The van der Waals surface area contributed by atoms with Crippen molar-refractivity contribution in [3.8, 4) is 11.4 Å². The molecular weight excluding hydrogens is 443 g/mol. The lowest BCUT2D eigenvalue weighted by atomic mass is 10.0. The molecule has 2 heterocycles. The second-order valence-corrected chi connectivity index (χ2v) is 9.00. The van der Waals surface area contributed by atoms with Crippen LogP contribution in [0.5, 0.6) is 0 Å². The highest BCUT2D eigenvalue weighted by atomic mass is 35.5. The minimum Gasteiger partial charge on any atom is -0.338 e. The van der Waals surface area contributed by atoms with Crippen molar-refractivity contribution in [1.29, 1.82) is 0 Å². The van der Waals surface area contributed by atoms with E-state index in [1.54, 1.807) is 37.1 Å². The quantitative estimate of drug-likeness (QED) is 0.585. The van der Waals surface area contributed by atoms with Gasteiger partial charge >= 0.3 is 0 Å². The van der Waals surface area contributed by atoms with Crippen molar-refractivity contribution in [2.75, 3.05) is 6.54 Å². The van der Waals surface area contributed by atoms with Crippen LogP contribution in [-0.2, 0) is 4.79 Å². The highest BCUT2D eigenvalue weighted by Crippen LogP contribution is 2.33. The lowest BCUT2D eigenvalue weighted by molar-refractivity contribution is -0.137. The number of nitrogens with zero attached hydrogens (tertiary/aromatic N) is 3. The van der Waals surface area contributed by atoms with E-state index >= 15 is 0 Å². The van der Waals surface area contributed by atoms with Crippen LogP contribution in [0.25, 0.3) is 11.4 Å². The van der Waals surface area contributed by atoms with Crippen LogP contribution in [0.3, 0.4) is 0 Å². The number of aromatic nitrogens is 2. The molecule has 33 heavy (non-hydrogen) atoms. The molecular formula is C25H24ClFN4O2. The fourth-order valence-corrected chi connectivity index (χ4v) is 4.23. The number of rotatable bonds is 5. The fourth-order valence-electron chi connectivity index (χ4n) is 4.04. The Balaban J connectivity index is 1.54. The van der Waals surface area contributed by atoms with Gasteiger partial charge in [0.1, 0.15) is 11.4 Å². The molecule has 1 saturated heterocycles. The van der Waals surface area contributed by atoms with Gasteiger partial charge in [-0.1, -0.05) is 29.8 Å². The van der Waals surface area contributed by atoms with E-state index in [0.29, 0.717) is 17.4 Å². The van der Waals surface area contributed by atoms with E-state index < -0.39 is 17.3 Å². The van der Waals surface area contributed by atoms with Crippen molar-refractivity contribution in [2.24, 2.45) is 0 Å². The van der Waals surface area contributed by atoms with Gasteiger partial charge in [-0.25, -0.2) is 14.4 Å². The standard InChI is InChI=1S/C25H24ClFN4O2/c1-25(2,30-23(32)17-7-4-9-19(27)15-17)24(33)31-13-5-10-21(31)20-11-12-28-22(29-20)16-6-3-8-18(26)14-16/h3-4,6-9,11-12,14-15,21H,5,10,13H2,1-2H3,(H,30,32). The van der Waals surface area contributed by atoms with Gasteiger partial charge in [0, 0.05) is 28.9 Å². The summed E-state index contributed by atoms with van der Waals surface area (Å²) in [6.07, 6.45) is 3.25. The Morgan fingerprint density at radius 3 is 2.70 bits per heavy atom. The number of amides is 2. The number of halogens is 2. The number of carbonyl (C=O) groups excluding carboxylic acids is 2. The van der Waals surface area contributed by atoms with Crippen molar-refractivity contribution in [2.45, 2.75) is 38.3 Å². The molecule has 4 rings (SSSR count). The number of hydrogen-bond donors (Lipinski definition) is 1. The first kappa shape index (κ1) is 22.9. The lowest BCUT2D eigenvalue weighted by Gasteiger charge is -2.33. The third-order valence-electron chi connectivity index (χ3n) is 5.66. The maximum absolute atomic E-state index is 13.5. The van der Waals surface area contributed by atoms with Crippen LogP contribution in [0.4, 0.5) is 4.39 Å². The summed E-state index contributed by atoms with van der Waals surface area (Å²) in [6, 6.07) is 14.3. The molecule has 2 aromatic carbocycles. The van der Waals surface area contributed by atoms with Gasteiger partial charge in [0.05, 0.1) is 11.7 Å². The molecule has 6 nitrogen and oxygen atoms in total. The van der Waals surface area contributed by atoms with E-state index in [1.165, 1.54) is 18.2 Å². The van der Waals surface area contributed by atoms with Gasteiger partial charge in [0.25, 0.3) is 5.91 Å². The molecule has 2 amide bonds. The third kappa shape index (κ3) is 5.03. The van der Waals surface area contributed by atoms with E-state index in [0.717, 1.165) is 30.2 Å². The van der Waals surface area contributed by atoms with Gasteiger partial charge in [-0.05, 0) is 63.1 Å². The summed E-state index contributed by atoms with van der Waals surface area (Å²) in [5.41, 5.74) is 0.506. The summed E-state index contributed by atoms with van der Waals surface area (Å²) < 4.78 is 13.5. The van der Waals surface area contributed by atoms with Crippen LogP contribution in [0.2, 0.25) is 5.02 Å². The van der Waals surface area contributed by atoms with Gasteiger partial charge in [0.15, 0.2) is 5.82 Å². The topological polar surface area (TPSA) is 75.2 Å². The van der Waals surface area contributed by atoms with Gasteiger partial charge in [-0.2, -0.15) is 0 Å². The lowest BCUT2D eigenvalue weighted by Crippen LogP contribution is -2.55. The summed E-state index contributed by atoms with van der Waals surface area (Å²) in [7, 11) is 0. The van der Waals surface area contributed by atoms with Gasteiger partial charge in [-0.3, -0.25) is 9.59 Å². The van der Waals surface area contributed by atoms with E-state index in [2.05, 4.69) is 10.3 Å². The van der Waals surface area contributed by atoms with Crippen molar-refractivity contribution in [3.63, 3.8) is 0 Å². The number of benzene rings is 2. The van der Waals surface area contributed by atoms with Crippen LogP contribution in [0.1, 0.15) is 48.8 Å². The maximum atomic E-state index is 13.5. The Kier molecular flexibility index (Phi) is 6.42. The van der Waals surface area contributed by atoms with Crippen LogP contribution >= 0.6 is 11.6 Å². The summed E-state index contributed by atoms with van der Waals surface area (Å²) in [5, 5.41) is 3.34. The molecule has 0 radical (unpaired) electrons. The highest BCUT2D eigenvalue weighted by Gasteiger charge is 2.40. The minimum absolute atomic E-state index is 0.163. The predicted molar refractivity (Wildman–Crippen MR) is 124 cm³/mol. The zero-order valence-corrected chi connectivity index (χ0v) is 19.1. The molecule has 3 aromatic rings. The van der Waals surface area contributed by atoms with Crippen LogP contribution in [0, 0.1) is 5.82 Å². The molecule has 1 aliphatic rings. The van der Waals surface area contributed by atoms with Crippen molar-refractivity contribution >= 4 is 23.4 Å². The Hall–Kier alpha value is -3.32. The number of hydrogen-bond acceptors (Lipinski definition) is 4.